The molecule has 2 rings (SSSR count). The van der Waals surface area contributed by atoms with E-state index in [2.05, 4.69) is 15.6 Å². The molecule has 0 aliphatic carbocycles. The Kier molecular flexibility index (Phi) is 5.24. The minimum atomic E-state index is -0.229. The second-order valence-electron chi connectivity index (χ2n) is 3.93. The number of nitrogens with zero attached hydrogens (tertiary/aromatic N) is 1. The van der Waals surface area contributed by atoms with E-state index in [1.807, 2.05) is 5.38 Å². The summed E-state index contributed by atoms with van der Waals surface area (Å²) in [6, 6.07) is 3.20. The van der Waals surface area contributed by atoms with E-state index in [1.54, 1.807) is 18.3 Å². The number of hydrogen-bond acceptors (Lipinski definition) is 6. The zero-order valence-electron chi connectivity index (χ0n) is 11.5. The number of nitrogens with one attached hydrogen (secondary N) is 2. The van der Waals surface area contributed by atoms with E-state index in [9.17, 15) is 4.79 Å². The molecule has 1 aromatic heterocycles. The van der Waals surface area contributed by atoms with Crippen molar-refractivity contribution in [2.45, 2.75) is 0 Å². The molecule has 0 aliphatic heterocycles. The smallest absolute Gasteiger partial charge is 0.243 e. The maximum absolute atomic E-state index is 11.9. The normalized spacial score (nSPS) is 10.0. The highest BCUT2D eigenvalue weighted by Gasteiger charge is 2.12. The molecule has 0 bridgehead atoms. The van der Waals surface area contributed by atoms with Gasteiger partial charge in [-0.1, -0.05) is 11.6 Å². The summed E-state index contributed by atoms with van der Waals surface area (Å²) in [5, 5.41) is 8.58. The van der Waals surface area contributed by atoms with E-state index >= 15 is 0 Å². The molecule has 0 fully saturated rings. The van der Waals surface area contributed by atoms with E-state index in [4.69, 9.17) is 21.1 Å². The van der Waals surface area contributed by atoms with Crippen LogP contribution >= 0.6 is 22.9 Å². The number of carbonyl (C=O) groups is 1. The van der Waals surface area contributed by atoms with Gasteiger partial charge in [-0.15, -0.1) is 11.3 Å². The number of thiazole rings is 1. The van der Waals surface area contributed by atoms with Crippen molar-refractivity contribution in [3.05, 3.63) is 28.7 Å². The molecule has 0 atom stereocenters. The number of aromatic nitrogens is 1. The van der Waals surface area contributed by atoms with Crippen LogP contribution in [-0.4, -0.2) is 31.7 Å². The van der Waals surface area contributed by atoms with Crippen LogP contribution in [0.4, 0.5) is 10.8 Å². The number of rotatable bonds is 6. The van der Waals surface area contributed by atoms with E-state index in [0.29, 0.717) is 27.3 Å². The lowest BCUT2D eigenvalue weighted by atomic mass is 10.2. The summed E-state index contributed by atoms with van der Waals surface area (Å²) in [5.41, 5.74) is 0.490. The highest BCUT2D eigenvalue weighted by Crippen LogP contribution is 2.35. The predicted molar refractivity (Wildman–Crippen MR) is 83.8 cm³/mol. The number of methoxy groups -OCH3 is 2. The fraction of sp³-hybridized carbons (Fsp3) is 0.231. The van der Waals surface area contributed by atoms with Crippen LogP contribution in [0.2, 0.25) is 5.02 Å². The zero-order chi connectivity index (χ0) is 15.2. The Morgan fingerprint density at radius 2 is 2.10 bits per heavy atom. The molecule has 0 unspecified atom stereocenters. The molecule has 0 spiro atoms. The highest BCUT2D eigenvalue weighted by molar-refractivity contribution is 7.13. The molecule has 1 amide bonds. The van der Waals surface area contributed by atoms with Gasteiger partial charge in [0.1, 0.15) is 11.5 Å². The summed E-state index contributed by atoms with van der Waals surface area (Å²) >= 11 is 7.43. The van der Waals surface area contributed by atoms with Crippen LogP contribution in [-0.2, 0) is 4.79 Å². The summed E-state index contributed by atoms with van der Waals surface area (Å²) in [5.74, 6) is 0.692. The molecule has 0 saturated carbocycles. The maximum atomic E-state index is 11.9. The van der Waals surface area contributed by atoms with E-state index in [-0.39, 0.29) is 12.5 Å². The van der Waals surface area contributed by atoms with Gasteiger partial charge in [-0.3, -0.25) is 4.79 Å². The Morgan fingerprint density at radius 1 is 1.33 bits per heavy atom. The lowest BCUT2D eigenvalue weighted by Gasteiger charge is -2.13. The quantitative estimate of drug-likeness (QED) is 0.853. The molecule has 21 heavy (non-hydrogen) atoms. The number of anilines is 2. The van der Waals surface area contributed by atoms with Gasteiger partial charge in [-0.2, -0.15) is 0 Å². The number of carbonyl (C=O) groups excluding carboxylic acids is 1. The fourth-order valence-electron chi connectivity index (χ4n) is 1.62. The van der Waals surface area contributed by atoms with Crippen LogP contribution in [0.15, 0.2) is 23.7 Å². The van der Waals surface area contributed by atoms with Crippen molar-refractivity contribution < 1.29 is 14.3 Å². The lowest BCUT2D eigenvalue weighted by Crippen LogP contribution is -2.22. The first kappa shape index (κ1) is 15.4. The van der Waals surface area contributed by atoms with E-state index < -0.39 is 0 Å². The largest absolute Gasteiger partial charge is 0.495 e. The summed E-state index contributed by atoms with van der Waals surface area (Å²) in [6.07, 6.45) is 1.66. The third kappa shape index (κ3) is 3.99. The average molecular weight is 328 g/mol. The third-order valence-electron chi connectivity index (χ3n) is 2.58. The molecular weight excluding hydrogens is 314 g/mol. The number of ether oxygens (including phenoxy) is 2. The van der Waals surface area contributed by atoms with Gasteiger partial charge in [-0.05, 0) is 0 Å². The number of benzene rings is 1. The molecule has 1 aromatic carbocycles. The molecule has 8 heteroatoms. The maximum Gasteiger partial charge on any atom is 0.243 e. The van der Waals surface area contributed by atoms with Crippen LogP contribution in [0.1, 0.15) is 0 Å². The van der Waals surface area contributed by atoms with Crippen molar-refractivity contribution in [1.82, 2.24) is 4.98 Å². The lowest BCUT2D eigenvalue weighted by molar-refractivity contribution is -0.114. The molecule has 1 heterocycles. The van der Waals surface area contributed by atoms with Crippen LogP contribution in [0, 0.1) is 0 Å². The summed E-state index contributed by atoms with van der Waals surface area (Å²) in [4.78, 5) is 16.0. The predicted octanol–water partition coefficient (Wildman–Crippen LogP) is 2.86. The Hall–Kier alpha value is -1.99. The minimum Gasteiger partial charge on any atom is -0.495 e. The van der Waals surface area contributed by atoms with Gasteiger partial charge in [0, 0.05) is 23.7 Å². The molecular formula is C13H14ClN3O3S. The average Bonchev–Trinajstić information content (AvgIpc) is 2.99. The van der Waals surface area contributed by atoms with E-state index in [1.165, 1.54) is 25.6 Å². The molecule has 0 aliphatic rings. The van der Waals surface area contributed by atoms with Gasteiger partial charge in [0.05, 0.1) is 31.5 Å². The fourth-order valence-corrected chi connectivity index (χ4v) is 2.38. The summed E-state index contributed by atoms with van der Waals surface area (Å²) < 4.78 is 10.3. The minimum absolute atomic E-state index is 0.0988. The topological polar surface area (TPSA) is 72.5 Å². The van der Waals surface area contributed by atoms with Gasteiger partial charge in [0.15, 0.2) is 5.13 Å². The summed E-state index contributed by atoms with van der Waals surface area (Å²) in [7, 11) is 3.00. The first-order valence-electron chi connectivity index (χ1n) is 5.98. The molecule has 2 N–H and O–H groups in total. The Morgan fingerprint density at radius 3 is 2.71 bits per heavy atom. The highest BCUT2D eigenvalue weighted by atomic mass is 35.5. The SMILES string of the molecule is COc1cc(NC(=O)CNc2nccs2)c(OC)cc1Cl. The van der Waals surface area contributed by atoms with E-state index in [0.717, 1.165) is 0 Å². The van der Waals surface area contributed by atoms with Gasteiger partial charge in [-0.25, -0.2) is 4.98 Å². The number of hydrogen-bond donors (Lipinski definition) is 2. The van der Waals surface area contributed by atoms with Gasteiger partial charge in [0.2, 0.25) is 5.91 Å². The van der Waals surface area contributed by atoms with Crippen molar-refractivity contribution in [3.8, 4) is 11.5 Å². The van der Waals surface area contributed by atoms with Crippen molar-refractivity contribution >= 4 is 39.7 Å². The standard InChI is InChI=1S/C13H14ClN3O3S/c1-19-10-6-9(11(20-2)5-8(10)14)17-12(18)7-16-13-15-3-4-21-13/h3-6H,7H2,1-2H3,(H,15,16)(H,17,18). The van der Waals surface area contributed by atoms with Gasteiger partial charge in [0.25, 0.3) is 0 Å². The van der Waals surface area contributed by atoms with Crippen molar-refractivity contribution in [2.75, 3.05) is 31.4 Å². The molecule has 0 radical (unpaired) electrons. The Bertz CT molecular complexity index is 619. The van der Waals surface area contributed by atoms with Crippen LogP contribution in [0.3, 0.4) is 0 Å². The van der Waals surface area contributed by atoms with Crippen molar-refractivity contribution in [1.29, 1.82) is 0 Å². The van der Waals surface area contributed by atoms with Crippen LogP contribution in [0.5, 0.6) is 11.5 Å². The number of amides is 1. The number of halogens is 1. The van der Waals surface area contributed by atoms with Crippen LogP contribution < -0.4 is 20.1 Å². The zero-order valence-corrected chi connectivity index (χ0v) is 13.0. The van der Waals surface area contributed by atoms with Crippen molar-refractivity contribution in [2.24, 2.45) is 0 Å². The molecule has 6 nitrogen and oxygen atoms in total. The molecule has 0 saturated heterocycles. The third-order valence-corrected chi connectivity index (χ3v) is 3.61. The van der Waals surface area contributed by atoms with Crippen LogP contribution in [0.25, 0.3) is 0 Å². The Balaban J connectivity index is 2.05. The van der Waals surface area contributed by atoms with Gasteiger partial charge >= 0.3 is 0 Å². The first-order valence-corrected chi connectivity index (χ1v) is 7.24. The second kappa shape index (κ2) is 7.14. The first-order chi connectivity index (χ1) is 10.1. The monoisotopic (exact) mass is 327 g/mol. The van der Waals surface area contributed by atoms with Crippen molar-refractivity contribution in [3.63, 3.8) is 0 Å². The Labute approximate surface area is 131 Å². The molecule has 2 aromatic rings. The molecule has 112 valence electrons. The second-order valence-corrected chi connectivity index (χ2v) is 5.23. The summed E-state index contributed by atoms with van der Waals surface area (Å²) in [6.45, 7) is 0.0988. The van der Waals surface area contributed by atoms with Gasteiger partial charge < -0.3 is 20.1 Å².